The number of ether oxygens (including phenoxy) is 1. The largest absolute Gasteiger partial charge is 0.379 e. The second-order valence-electron chi connectivity index (χ2n) is 6.48. The van der Waals surface area contributed by atoms with Crippen molar-refractivity contribution in [1.82, 2.24) is 10.2 Å². The molecule has 1 aliphatic rings. The Morgan fingerprint density at radius 3 is 2.45 bits per heavy atom. The Labute approximate surface area is 124 Å². The number of likely N-dealkylation sites (tertiary alicyclic amines) is 1. The molecular weight excluding hydrogens is 252 g/mol. The Kier molecular flexibility index (Phi) is 8.15. The first kappa shape index (κ1) is 17.4. The minimum atomic E-state index is 0.212. The van der Waals surface area contributed by atoms with Crippen molar-refractivity contribution in [1.29, 1.82) is 0 Å². The van der Waals surface area contributed by atoms with Gasteiger partial charge >= 0.3 is 0 Å². The Morgan fingerprint density at radius 1 is 1.25 bits per heavy atom. The zero-order valence-corrected chi connectivity index (χ0v) is 13.7. The second kappa shape index (κ2) is 9.35. The van der Waals surface area contributed by atoms with E-state index in [2.05, 4.69) is 24.1 Å². The van der Waals surface area contributed by atoms with Crippen LogP contribution in [0.1, 0.15) is 53.4 Å². The van der Waals surface area contributed by atoms with Crippen molar-refractivity contribution in [3.63, 3.8) is 0 Å². The highest BCUT2D eigenvalue weighted by Gasteiger charge is 2.21. The molecule has 0 unspecified atom stereocenters. The number of piperidine rings is 1. The number of nitrogens with one attached hydrogen (secondary N) is 1. The van der Waals surface area contributed by atoms with Crippen molar-refractivity contribution in [2.75, 3.05) is 26.2 Å². The Balaban J connectivity index is 2.09. The maximum atomic E-state index is 11.7. The summed E-state index contributed by atoms with van der Waals surface area (Å²) in [6.07, 6.45) is 4.44. The van der Waals surface area contributed by atoms with Crippen LogP contribution >= 0.6 is 0 Å². The summed E-state index contributed by atoms with van der Waals surface area (Å²) in [5.74, 6) is 0.778. The average Bonchev–Trinajstić information content (AvgIpc) is 2.35. The van der Waals surface area contributed by atoms with Gasteiger partial charge in [-0.05, 0) is 66.0 Å². The molecule has 4 heteroatoms. The van der Waals surface area contributed by atoms with Crippen molar-refractivity contribution >= 4 is 5.91 Å². The van der Waals surface area contributed by atoms with Crippen molar-refractivity contribution in [3.8, 4) is 0 Å². The van der Waals surface area contributed by atoms with E-state index in [4.69, 9.17) is 4.74 Å². The smallest absolute Gasteiger partial charge is 0.220 e. The number of rotatable bonds is 8. The van der Waals surface area contributed by atoms with Crippen LogP contribution in [0.4, 0.5) is 0 Å². The van der Waals surface area contributed by atoms with Crippen LogP contribution in [-0.4, -0.2) is 49.2 Å². The minimum Gasteiger partial charge on any atom is -0.379 e. The molecule has 0 saturated carbocycles. The Bertz CT molecular complexity index is 272. The molecule has 1 fully saturated rings. The molecule has 0 spiro atoms. The summed E-state index contributed by atoms with van der Waals surface area (Å²) >= 11 is 0. The molecule has 1 heterocycles. The summed E-state index contributed by atoms with van der Waals surface area (Å²) < 4.78 is 5.56. The third kappa shape index (κ3) is 7.85. The minimum absolute atomic E-state index is 0.212. The summed E-state index contributed by atoms with van der Waals surface area (Å²) in [6, 6.07) is 0.253. The van der Waals surface area contributed by atoms with Crippen LogP contribution in [0.25, 0.3) is 0 Å². The standard InChI is InChI=1S/C16H32N2O2/c1-13(2)17-16(19)12-15-6-9-18(10-7-15)8-5-11-20-14(3)4/h13-15H,5-12H2,1-4H3,(H,17,19). The van der Waals surface area contributed by atoms with Gasteiger partial charge in [-0.1, -0.05) is 0 Å². The van der Waals surface area contributed by atoms with Crippen LogP contribution in [0, 0.1) is 5.92 Å². The maximum Gasteiger partial charge on any atom is 0.220 e. The van der Waals surface area contributed by atoms with E-state index in [1.165, 1.54) is 0 Å². The van der Waals surface area contributed by atoms with Crippen LogP contribution in [0.2, 0.25) is 0 Å². The SMILES string of the molecule is CC(C)NC(=O)CC1CCN(CCCOC(C)C)CC1. The molecule has 1 rings (SSSR count). The summed E-state index contributed by atoms with van der Waals surface area (Å²) in [5, 5.41) is 2.98. The van der Waals surface area contributed by atoms with Crippen molar-refractivity contribution in [3.05, 3.63) is 0 Å². The maximum absolute atomic E-state index is 11.7. The Hall–Kier alpha value is -0.610. The van der Waals surface area contributed by atoms with Crippen molar-refractivity contribution < 1.29 is 9.53 Å². The fraction of sp³-hybridized carbons (Fsp3) is 0.938. The number of amides is 1. The van der Waals surface area contributed by atoms with E-state index in [-0.39, 0.29) is 11.9 Å². The van der Waals surface area contributed by atoms with Crippen LogP contribution in [0.15, 0.2) is 0 Å². The predicted molar refractivity (Wildman–Crippen MR) is 82.8 cm³/mol. The summed E-state index contributed by atoms with van der Waals surface area (Å²) in [5.41, 5.74) is 0. The number of hydrogen-bond donors (Lipinski definition) is 1. The molecule has 1 saturated heterocycles. The molecule has 0 atom stereocenters. The van der Waals surface area contributed by atoms with Gasteiger partial charge < -0.3 is 15.0 Å². The second-order valence-corrected chi connectivity index (χ2v) is 6.48. The number of carbonyl (C=O) groups is 1. The molecule has 118 valence electrons. The molecule has 0 aromatic carbocycles. The molecule has 0 aromatic rings. The first-order valence-electron chi connectivity index (χ1n) is 8.10. The van der Waals surface area contributed by atoms with E-state index in [0.29, 0.717) is 18.4 Å². The number of hydrogen-bond acceptors (Lipinski definition) is 3. The highest BCUT2D eigenvalue weighted by Crippen LogP contribution is 2.20. The van der Waals surface area contributed by atoms with E-state index >= 15 is 0 Å². The first-order chi connectivity index (χ1) is 9.47. The van der Waals surface area contributed by atoms with Gasteiger partial charge in [-0.2, -0.15) is 0 Å². The lowest BCUT2D eigenvalue weighted by molar-refractivity contribution is -0.122. The lowest BCUT2D eigenvalue weighted by atomic mass is 9.93. The van der Waals surface area contributed by atoms with Gasteiger partial charge in [0.15, 0.2) is 0 Å². The lowest BCUT2D eigenvalue weighted by Gasteiger charge is -2.31. The molecule has 1 aliphatic heterocycles. The lowest BCUT2D eigenvalue weighted by Crippen LogP contribution is -2.37. The first-order valence-corrected chi connectivity index (χ1v) is 8.10. The number of nitrogens with zero attached hydrogens (tertiary/aromatic N) is 1. The molecule has 0 bridgehead atoms. The van der Waals surface area contributed by atoms with E-state index in [1.54, 1.807) is 0 Å². The van der Waals surface area contributed by atoms with Gasteiger partial charge in [0.2, 0.25) is 5.91 Å². The summed E-state index contributed by atoms with van der Waals surface area (Å²) in [7, 11) is 0. The molecular formula is C16H32N2O2. The topological polar surface area (TPSA) is 41.6 Å². The van der Waals surface area contributed by atoms with Crippen LogP contribution in [0.3, 0.4) is 0 Å². The highest BCUT2D eigenvalue weighted by molar-refractivity contribution is 5.76. The van der Waals surface area contributed by atoms with E-state index < -0.39 is 0 Å². The molecule has 4 nitrogen and oxygen atoms in total. The third-order valence-corrected chi connectivity index (χ3v) is 3.70. The van der Waals surface area contributed by atoms with Gasteiger partial charge in [-0.25, -0.2) is 0 Å². The molecule has 0 aliphatic carbocycles. The zero-order valence-electron chi connectivity index (χ0n) is 13.7. The fourth-order valence-corrected chi connectivity index (χ4v) is 2.66. The zero-order chi connectivity index (χ0) is 15.0. The highest BCUT2D eigenvalue weighted by atomic mass is 16.5. The molecule has 1 N–H and O–H groups in total. The monoisotopic (exact) mass is 284 g/mol. The van der Waals surface area contributed by atoms with Crippen LogP contribution < -0.4 is 5.32 Å². The molecule has 0 aromatic heterocycles. The van der Waals surface area contributed by atoms with Gasteiger partial charge in [0, 0.05) is 25.6 Å². The third-order valence-electron chi connectivity index (χ3n) is 3.70. The molecule has 0 radical (unpaired) electrons. The predicted octanol–water partition coefficient (Wildman–Crippen LogP) is 2.43. The average molecular weight is 284 g/mol. The van der Waals surface area contributed by atoms with Crippen LogP contribution in [-0.2, 0) is 9.53 Å². The van der Waals surface area contributed by atoms with Gasteiger partial charge in [0.1, 0.15) is 0 Å². The molecule has 1 amide bonds. The van der Waals surface area contributed by atoms with Crippen molar-refractivity contribution in [2.45, 2.75) is 65.5 Å². The van der Waals surface area contributed by atoms with Gasteiger partial charge in [0.25, 0.3) is 0 Å². The summed E-state index contributed by atoms with van der Waals surface area (Å²) in [6.45, 7) is 12.4. The Morgan fingerprint density at radius 2 is 1.90 bits per heavy atom. The van der Waals surface area contributed by atoms with Gasteiger partial charge in [-0.15, -0.1) is 0 Å². The van der Waals surface area contributed by atoms with E-state index in [9.17, 15) is 4.79 Å². The normalized spacial score (nSPS) is 17.9. The van der Waals surface area contributed by atoms with Crippen LogP contribution in [0.5, 0.6) is 0 Å². The summed E-state index contributed by atoms with van der Waals surface area (Å²) in [4.78, 5) is 14.2. The van der Waals surface area contributed by atoms with E-state index in [0.717, 1.165) is 45.5 Å². The fourth-order valence-electron chi connectivity index (χ4n) is 2.66. The van der Waals surface area contributed by atoms with E-state index in [1.807, 2.05) is 13.8 Å². The van der Waals surface area contributed by atoms with Crippen molar-refractivity contribution in [2.24, 2.45) is 5.92 Å². The quantitative estimate of drug-likeness (QED) is 0.696. The molecule has 20 heavy (non-hydrogen) atoms. The van der Waals surface area contributed by atoms with Gasteiger partial charge in [0.05, 0.1) is 6.10 Å². The van der Waals surface area contributed by atoms with Gasteiger partial charge in [-0.3, -0.25) is 4.79 Å². The number of carbonyl (C=O) groups excluding carboxylic acids is 1.